The average molecular weight is 230 g/mol. The molecule has 0 spiro atoms. The Morgan fingerprint density at radius 3 is 3.00 bits per heavy atom. The Labute approximate surface area is 76.5 Å². The molecule has 0 atom stereocenters. The van der Waals surface area contributed by atoms with Gasteiger partial charge in [-0.25, -0.2) is 9.37 Å². The molecule has 0 amide bonds. The molecule has 0 unspecified atom stereocenters. The first-order valence-electron chi connectivity index (χ1n) is 3.39. The summed E-state index contributed by atoms with van der Waals surface area (Å²) < 4.78 is 18.5. The number of aryl methyl sites for hydroxylation is 1. The van der Waals surface area contributed by atoms with E-state index in [1.54, 1.807) is 13.0 Å². The van der Waals surface area contributed by atoms with Crippen molar-refractivity contribution < 1.29 is 8.81 Å². The van der Waals surface area contributed by atoms with Gasteiger partial charge in [-0.05, 0) is 28.1 Å². The Morgan fingerprint density at radius 1 is 1.50 bits per heavy atom. The Balaban J connectivity index is 2.89. The molecule has 4 heteroatoms. The van der Waals surface area contributed by atoms with E-state index >= 15 is 0 Å². The van der Waals surface area contributed by atoms with Crippen LogP contribution in [0.4, 0.5) is 4.39 Å². The van der Waals surface area contributed by atoms with Gasteiger partial charge in [0.15, 0.2) is 11.5 Å². The van der Waals surface area contributed by atoms with E-state index < -0.39 is 0 Å². The van der Waals surface area contributed by atoms with E-state index in [1.165, 1.54) is 6.07 Å². The summed E-state index contributed by atoms with van der Waals surface area (Å²) in [7, 11) is 0. The third-order valence-electron chi connectivity index (χ3n) is 1.56. The Morgan fingerprint density at radius 2 is 2.25 bits per heavy atom. The second-order valence-electron chi connectivity index (χ2n) is 2.44. The monoisotopic (exact) mass is 229 g/mol. The zero-order valence-electron chi connectivity index (χ0n) is 6.27. The summed E-state index contributed by atoms with van der Waals surface area (Å²) in [6.45, 7) is 1.73. The number of fused-ring (bicyclic) bond motifs is 1. The number of aromatic nitrogens is 1. The van der Waals surface area contributed by atoms with Crippen molar-refractivity contribution in [2.24, 2.45) is 0 Å². The van der Waals surface area contributed by atoms with E-state index in [1.807, 2.05) is 0 Å². The number of halogens is 2. The molecule has 2 aromatic rings. The summed E-state index contributed by atoms with van der Waals surface area (Å²) in [6, 6.07) is 2.91. The van der Waals surface area contributed by atoms with Crippen molar-refractivity contribution >= 4 is 27.0 Å². The second-order valence-corrected chi connectivity index (χ2v) is 3.23. The maximum atomic E-state index is 12.9. The molecule has 1 aromatic heterocycles. The van der Waals surface area contributed by atoms with Crippen LogP contribution in [0, 0.1) is 12.7 Å². The van der Waals surface area contributed by atoms with Crippen LogP contribution in [0.5, 0.6) is 0 Å². The van der Waals surface area contributed by atoms with Crippen LogP contribution in [0.15, 0.2) is 21.0 Å². The fraction of sp³-hybridized carbons (Fsp3) is 0.125. The van der Waals surface area contributed by atoms with Crippen LogP contribution in [-0.4, -0.2) is 4.98 Å². The molecule has 0 aliphatic rings. The largest absolute Gasteiger partial charge is 0.441 e. The molecule has 1 aromatic carbocycles. The van der Waals surface area contributed by atoms with Gasteiger partial charge in [0.05, 0.1) is 4.47 Å². The van der Waals surface area contributed by atoms with Crippen molar-refractivity contribution in [1.82, 2.24) is 4.98 Å². The highest BCUT2D eigenvalue weighted by atomic mass is 79.9. The first kappa shape index (κ1) is 7.73. The number of nitrogens with zero attached hydrogens (tertiary/aromatic N) is 1. The van der Waals surface area contributed by atoms with Crippen LogP contribution in [-0.2, 0) is 0 Å². The molecule has 0 N–H and O–H groups in total. The third kappa shape index (κ3) is 1.03. The number of hydrogen-bond donors (Lipinski definition) is 0. The van der Waals surface area contributed by atoms with Gasteiger partial charge in [-0.3, -0.25) is 0 Å². The van der Waals surface area contributed by atoms with Crippen LogP contribution < -0.4 is 0 Å². The van der Waals surface area contributed by atoms with E-state index in [-0.39, 0.29) is 5.82 Å². The number of benzene rings is 1. The second kappa shape index (κ2) is 2.55. The molecule has 0 fully saturated rings. The first-order valence-corrected chi connectivity index (χ1v) is 4.19. The molecule has 0 aliphatic carbocycles. The summed E-state index contributed by atoms with van der Waals surface area (Å²) in [6.07, 6.45) is 0. The van der Waals surface area contributed by atoms with E-state index in [0.717, 1.165) is 0 Å². The highest BCUT2D eigenvalue weighted by Crippen LogP contribution is 2.26. The SMILES string of the molecule is Cc1nc2c(Br)c(F)ccc2o1. The standard InChI is InChI=1S/C8H5BrFNO/c1-4-11-8-6(12-4)3-2-5(10)7(8)9/h2-3H,1H3. The minimum Gasteiger partial charge on any atom is -0.441 e. The topological polar surface area (TPSA) is 26.0 Å². The molecule has 0 aliphatic heterocycles. The van der Waals surface area contributed by atoms with Gasteiger partial charge in [-0.2, -0.15) is 0 Å². The first-order chi connectivity index (χ1) is 5.68. The lowest BCUT2D eigenvalue weighted by Crippen LogP contribution is -1.78. The van der Waals surface area contributed by atoms with Crippen molar-refractivity contribution in [3.05, 3.63) is 28.3 Å². The molecule has 12 heavy (non-hydrogen) atoms. The van der Waals surface area contributed by atoms with Gasteiger partial charge in [-0.1, -0.05) is 0 Å². The van der Waals surface area contributed by atoms with E-state index in [2.05, 4.69) is 20.9 Å². The highest BCUT2D eigenvalue weighted by molar-refractivity contribution is 9.10. The van der Waals surface area contributed by atoms with Gasteiger partial charge in [0.1, 0.15) is 11.3 Å². The quantitative estimate of drug-likeness (QED) is 0.695. The summed E-state index contributed by atoms with van der Waals surface area (Å²) in [5.74, 6) is 0.215. The number of rotatable bonds is 0. The van der Waals surface area contributed by atoms with Crippen molar-refractivity contribution in [2.75, 3.05) is 0 Å². The van der Waals surface area contributed by atoms with Crippen molar-refractivity contribution in [1.29, 1.82) is 0 Å². The van der Waals surface area contributed by atoms with Crippen LogP contribution in [0.2, 0.25) is 0 Å². The van der Waals surface area contributed by atoms with Gasteiger partial charge in [0.25, 0.3) is 0 Å². The minimum absolute atomic E-state index is 0.323. The fourth-order valence-electron chi connectivity index (χ4n) is 1.05. The minimum atomic E-state index is -0.323. The average Bonchev–Trinajstić information content (AvgIpc) is 2.39. The summed E-state index contributed by atoms with van der Waals surface area (Å²) in [4.78, 5) is 4.02. The molecule has 0 saturated heterocycles. The number of hydrogen-bond acceptors (Lipinski definition) is 2. The highest BCUT2D eigenvalue weighted by Gasteiger charge is 2.09. The Hall–Kier alpha value is -0.900. The summed E-state index contributed by atoms with van der Waals surface area (Å²) in [5, 5.41) is 0. The smallest absolute Gasteiger partial charge is 0.192 e. The lowest BCUT2D eigenvalue weighted by Gasteiger charge is -1.91. The zero-order chi connectivity index (χ0) is 8.72. The maximum absolute atomic E-state index is 12.9. The molecule has 0 bridgehead atoms. The van der Waals surface area contributed by atoms with E-state index in [0.29, 0.717) is 21.5 Å². The fourth-order valence-corrected chi connectivity index (χ4v) is 1.46. The number of oxazole rings is 1. The van der Waals surface area contributed by atoms with Gasteiger partial charge >= 0.3 is 0 Å². The van der Waals surface area contributed by atoms with E-state index in [9.17, 15) is 4.39 Å². The van der Waals surface area contributed by atoms with Crippen LogP contribution in [0.3, 0.4) is 0 Å². The van der Waals surface area contributed by atoms with Gasteiger partial charge < -0.3 is 4.42 Å². The normalized spacial score (nSPS) is 10.9. The maximum Gasteiger partial charge on any atom is 0.192 e. The zero-order valence-corrected chi connectivity index (χ0v) is 7.85. The molecule has 0 saturated carbocycles. The molecule has 62 valence electrons. The molecule has 1 heterocycles. The van der Waals surface area contributed by atoms with Gasteiger partial charge in [0, 0.05) is 6.92 Å². The van der Waals surface area contributed by atoms with Crippen molar-refractivity contribution in [3.8, 4) is 0 Å². The van der Waals surface area contributed by atoms with Crippen LogP contribution >= 0.6 is 15.9 Å². The van der Waals surface area contributed by atoms with E-state index in [4.69, 9.17) is 4.42 Å². The van der Waals surface area contributed by atoms with Crippen LogP contribution in [0.1, 0.15) is 5.89 Å². The third-order valence-corrected chi connectivity index (χ3v) is 2.31. The summed E-state index contributed by atoms with van der Waals surface area (Å²) in [5.41, 5.74) is 1.13. The van der Waals surface area contributed by atoms with Crippen LogP contribution in [0.25, 0.3) is 11.1 Å². The predicted octanol–water partition coefficient (Wildman–Crippen LogP) is 3.04. The predicted molar refractivity (Wildman–Crippen MR) is 46.4 cm³/mol. The van der Waals surface area contributed by atoms with Crippen molar-refractivity contribution in [3.63, 3.8) is 0 Å². The van der Waals surface area contributed by atoms with Crippen molar-refractivity contribution in [2.45, 2.75) is 6.92 Å². The lowest BCUT2D eigenvalue weighted by atomic mass is 10.3. The Bertz CT molecular complexity index is 438. The molecular weight excluding hydrogens is 225 g/mol. The molecular formula is C8H5BrFNO. The van der Waals surface area contributed by atoms with Gasteiger partial charge in [-0.15, -0.1) is 0 Å². The molecule has 0 radical (unpaired) electrons. The van der Waals surface area contributed by atoms with Gasteiger partial charge in [0.2, 0.25) is 0 Å². The molecule has 2 rings (SSSR count). The summed E-state index contributed by atoms with van der Waals surface area (Å²) >= 11 is 3.10. The Kier molecular flexibility index (Phi) is 1.65. The lowest BCUT2D eigenvalue weighted by molar-refractivity contribution is 0.560. The molecule has 2 nitrogen and oxygen atoms in total.